The van der Waals surface area contributed by atoms with Crippen LogP contribution in [0.1, 0.15) is 27.7 Å². The van der Waals surface area contributed by atoms with Crippen molar-refractivity contribution in [3.8, 4) is 28.4 Å². The summed E-state index contributed by atoms with van der Waals surface area (Å²) in [5.41, 5.74) is 2.60. The average Bonchev–Trinajstić information content (AvgIpc) is 3.19. The number of rotatable bonds is 7. The Labute approximate surface area is 202 Å². The maximum absolute atomic E-state index is 13.0. The molecule has 7 heteroatoms. The highest BCUT2D eigenvalue weighted by molar-refractivity contribution is 7.16. The molecule has 1 aromatic heterocycles. The molecular weight excluding hydrogens is 450 g/mol. The zero-order valence-electron chi connectivity index (χ0n) is 19.4. The predicted molar refractivity (Wildman–Crippen MR) is 136 cm³/mol. The Morgan fingerprint density at radius 3 is 2.41 bits per heavy atom. The molecule has 4 rings (SSSR count). The second-order valence-electron chi connectivity index (χ2n) is 7.54. The quantitative estimate of drug-likeness (QED) is 0.243. The van der Waals surface area contributed by atoms with Gasteiger partial charge in [0.15, 0.2) is 0 Å². The number of carbonyl (C=O) groups excluding carboxylic acids is 1. The lowest BCUT2D eigenvalue weighted by Crippen LogP contribution is -2.05. The molecule has 0 aliphatic carbocycles. The molecular formula is C27H25NO5S. The van der Waals surface area contributed by atoms with Crippen LogP contribution in [0.5, 0.6) is 17.2 Å². The molecule has 0 aliphatic rings. The number of aryl methyl sites for hydroxylation is 1. The van der Waals surface area contributed by atoms with Crippen LogP contribution >= 0.6 is 11.3 Å². The number of thiophene rings is 1. The normalized spacial score (nSPS) is 11.2. The van der Waals surface area contributed by atoms with Crippen LogP contribution in [0.15, 0.2) is 59.6 Å². The number of phenolic OH excluding ortho intramolecular Hbond substituents is 1. The van der Waals surface area contributed by atoms with E-state index in [1.165, 1.54) is 17.6 Å². The van der Waals surface area contributed by atoms with E-state index in [-0.39, 0.29) is 12.4 Å². The van der Waals surface area contributed by atoms with Crippen LogP contribution in [0, 0.1) is 6.92 Å². The highest BCUT2D eigenvalue weighted by atomic mass is 32.1. The molecule has 0 atom stereocenters. The van der Waals surface area contributed by atoms with Gasteiger partial charge in [0.1, 0.15) is 27.8 Å². The number of ether oxygens (including phenoxy) is 3. The van der Waals surface area contributed by atoms with Gasteiger partial charge in [-0.1, -0.05) is 18.2 Å². The van der Waals surface area contributed by atoms with Crippen molar-refractivity contribution in [2.75, 3.05) is 20.8 Å². The third-order valence-electron chi connectivity index (χ3n) is 5.44. The lowest BCUT2D eigenvalue weighted by molar-refractivity contribution is 0.0528. The zero-order chi connectivity index (χ0) is 24.2. The van der Waals surface area contributed by atoms with Gasteiger partial charge in [-0.05, 0) is 66.6 Å². The van der Waals surface area contributed by atoms with Crippen molar-refractivity contribution in [2.24, 2.45) is 4.99 Å². The van der Waals surface area contributed by atoms with Gasteiger partial charge in [0, 0.05) is 22.2 Å². The topological polar surface area (TPSA) is 77.4 Å². The molecule has 0 amide bonds. The number of nitrogens with zero attached hydrogens (tertiary/aromatic N) is 1. The van der Waals surface area contributed by atoms with E-state index in [0.29, 0.717) is 21.9 Å². The van der Waals surface area contributed by atoms with Gasteiger partial charge < -0.3 is 19.3 Å². The molecule has 0 spiro atoms. The number of hydrogen-bond donors (Lipinski definition) is 1. The first-order valence-electron chi connectivity index (χ1n) is 10.7. The van der Waals surface area contributed by atoms with Crippen molar-refractivity contribution >= 4 is 39.3 Å². The van der Waals surface area contributed by atoms with Crippen LogP contribution in [0.2, 0.25) is 0 Å². The third-order valence-corrected chi connectivity index (χ3v) is 6.45. The molecule has 0 unspecified atom stereocenters. The van der Waals surface area contributed by atoms with Crippen LogP contribution < -0.4 is 9.47 Å². The van der Waals surface area contributed by atoms with Gasteiger partial charge in [0.05, 0.1) is 20.8 Å². The van der Waals surface area contributed by atoms with E-state index < -0.39 is 5.97 Å². The van der Waals surface area contributed by atoms with Gasteiger partial charge >= 0.3 is 5.97 Å². The Hall–Kier alpha value is -3.84. The maximum Gasteiger partial charge on any atom is 0.341 e. The Morgan fingerprint density at radius 2 is 1.68 bits per heavy atom. The Bertz CT molecular complexity index is 1390. The fourth-order valence-corrected chi connectivity index (χ4v) is 4.76. The second-order valence-corrected chi connectivity index (χ2v) is 8.75. The summed E-state index contributed by atoms with van der Waals surface area (Å²) in [4.78, 5) is 18.5. The summed E-state index contributed by atoms with van der Waals surface area (Å²) in [7, 11) is 3.20. The standard InChI is InChI=1S/C27H25NO5S/c1-5-33-27(30)25-24(19-7-6-18-13-21(31-3)9-8-17(18)12-19)16(2)34-26(25)28-15-20-14-22(32-4)10-11-23(20)29/h6-15,29H,5H2,1-4H3/b28-15+. The number of carbonyl (C=O) groups is 1. The van der Waals surface area contributed by atoms with Crippen LogP contribution in [0.4, 0.5) is 5.00 Å². The Kier molecular flexibility index (Phi) is 6.84. The molecule has 0 fully saturated rings. The zero-order valence-corrected chi connectivity index (χ0v) is 20.2. The van der Waals surface area contributed by atoms with E-state index in [0.717, 1.165) is 32.5 Å². The minimum absolute atomic E-state index is 0.0701. The van der Waals surface area contributed by atoms with Gasteiger partial charge in [0.25, 0.3) is 0 Å². The van der Waals surface area contributed by atoms with E-state index in [9.17, 15) is 9.90 Å². The molecule has 0 radical (unpaired) electrons. The van der Waals surface area contributed by atoms with Crippen LogP contribution in [-0.4, -0.2) is 38.1 Å². The van der Waals surface area contributed by atoms with Gasteiger partial charge in [-0.3, -0.25) is 0 Å². The molecule has 0 aliphatic heterocycles. The van der Waals surface area contributed by atoms with Crippen molar-refractivity contribution in [3.05, 3.63) is 70.6 Å². The molecule has 0 saturated heterocycles. The number of esters is 1. The average molecular weight is 476 g/mol. The number of aromatic hydroxyl groups is 1. The van der Waals surface area contributed by atoms with Gasteiger partial charge in [-0.2, -0.15) is 0 Å². The van der Waals surface area contributed by atoms with Crippen LogP contribution in [0.25, 0.3) is 21.9 Å². The van der Waals surface area contributed by atoms with E-state index in [2.05, 4.69) is 4.99 Å². The highest BCUT2D eigenvalue weighted by Crippen LogP contribution is 2.43. The monoisotopic (exact) mass is 475 g/mol. The maximum atomic E-state index is 13.0. The lowest BCUT2D eigenvalue weighted by Gasteiger charge is -2.09. The summed E-state index contributed by atoms with van der Waals surface area (Å²) in [6.45, 7) is 3.99. The minimum Gasteiger partial charge on any atom is -0.507 e. The smallest absolute Gasteiger partial charge is 0.341 e. The van der Waals surface area contributed by atoms with Crippen LogP contribution in [-0.2, 0) is 4.74 Å². The SMILES string of the molecule is CCOC(=O)c1c(/N=C/c2cc(OC)ccc2O)sc(C)c1-c1ccc2cc(OC)ccc2c1. The number of fused-ring (bicyclic) bond motifs is 1. The van der Waals surface area contributed by atoms with Crippen molar-refractivity contribution < 1.29 is 24.1 Å². The number of phenols is 1. The largest absolute Gasteiger partial charge is 0.507 e. The summed E-state index contributed by atoms with van der Waals surface area (Å²) in [5.74, 6) is 1.02. The first-order chi connectivity index (χ1) is 16.4. The summed E-state index contributed by atoms with van der Waals surface area (Å²) in [5, 5.41) is 12.8. The fourth-order valence-electron chi connectivity index (χ4n) is 3.76. The van der Waals surface area contributed by atoms with Gasteiger partial charge in [0.2, 0.25) is 0 Å². The number of methoxy groups -OCH3 is 2. The predicted octanol–water partition coefficient (Wildman–Crippen LogP) is 6.53. The molecule has 3 aromatic carbocycles. The highest BCUT2D eigenvalue weighted by Gasteiger charge is 2.24. The minimum atomic E-state index is -0.432. The second kappa shape index (κ2) is 9.97. The lowest BCUT2D eigenvalue weighted by atomic mass is 9.98. The number of hydrogen-bond acceptors (Lipinski definition) is 7. The van der Waals surface area contributed by atoms with E-state index in [1.807, 2.05) is 43.3 Å². The van der Waals surface area contributed by atoms with Gasteiger partial charge in [-0.15, -0.1) is 11.3 Å². The molecule has 0 saturated carbocycles. The number of aliphatic imine (C=N–C) groups is 1. The Morgan fingerprint density at radius 1 is 1.00 bits per heavy atom. The summed E-state index contributed by atoms with van der Waals surface area (Å²) < 4.78 is 15.9. The van der Waals surface area contributed by atoms with Gasteiger partial charge in [-0.25, -0.2) is 9.79 Å². The molecule has 6 nitrogen and oxygen atoms in total. The summed E-state index contributed by atoms with van der Waals surface area (Å²) in [6, 6.07) is 16.8. The van der Waals surface area contributed by atoms with Crippen molar-refractivity contribution in [2.45, 2.75) is 13.8 Å². The molecule has 0 bridgehead atoms. The van der Waals surface area contributed by atoms with E-state index in [4.69, 9.17) is 14.2 Å². The first kappa shape index (κ1) is 23.3. The molecule has 4 aromatic rings. The van der Waals surface area contributed by atoms with Crippen LogP contribution in [0.3, 0.4) is 0 Å². The van der Waals surface area contributed by atoms with Crippen molar-refractivity contribution in [3.63, 3.8) is 0 Å². The van der Waals surface area contributed by atoms with E-state index in [1.54, 1.807) is 39.3 Å². The molecule has 1 N–H and O–H groups in total. The summed E-state index contributed by atoms with van der Waals surface area (Å²) in [6.07, 6.45) is 1.53. The van der Waals surface area contributed by atoms with Crippen molar-refractivity contribution in [1.29, 1.82) is 0 Å². The number of benzene rings is 3. The molecule has 34 heavy (non-hydrogen) atoms. The fraction of sp³-hybridized carbons (Fsp3) is 0.185. The van der Waals surface area contributed by atoms with Crippen molar-refractivity contribution in [1.82, 2.24) is 0 Å². The first-order valence-corrected chi connectivity index (χ1v) is 11.6. The third kappa shape index (κ3) is 4.61. The molecule has 174 valence electrons. The molecule has 1 heterocycles. The summed E-state index contributed by atoms with van der Waals surface area (Å²) >= 11 is 1.40. The Balaban J connectivity index is 1.83. The van der Waals surface area contributed by atoms with E-state index >= 15 is 0 Å².